The molecule has 0 atom stereocenters. The molecule has 134 valence electrons. The maximum Gasteiger partial charge on any atom is 0.260 e. The molecule has 0 saturated carbocycles. The number of fused-ring (bicyclic) bond motifs is 1. The Hall–Kier alpha value is -2.95. The van der Waals surface area contributed by atoms with Gasteiger partial charge in [0, 0.05) is 48.5 Å². The van der Waals surface area contributed by atoms with Gasteiger partial charge >= 0.3 is 0 Å². The number of aromatic amines is 1. The monoisotopic (exact) mass is 349 g/mol. The minimum Gasteiger partial charge on any atom is -0.484 e. The lowest BCUT2D eigenvalue weighted by atomic mass is 10.1. The van der Waals surface area contributed by atoms with Gasteiger partial charge in [0.2, 0.25) is 0 Å². The van der Waals surface area contributed by atoms with Crippen molar-refractivity contribution in [3.8, 4) is 5.75 Å². The van der Waals surface area contributed by atoms with Gasteiger partial charge in [-0.2, -0.15) is 0 Å². The van der Waals surface area contributed by atoms with E-state index in [9.17, 15) is 4.79 Å². The Balaban J connectivity index is 1.36. The zero-order chi connectivity index (χ0) is 17.8. The van der Waals surface area contributed by atoms with Gasteiger partial charge in [0.1, 0.15) is 5.75 Å². The molecule has 2 heterocycles. The molecule has 1 saturated heterocycles. The summed E-state index contributed by atoms with van der Waals surface area (Å²) in [6.45, 7) is 2.54. The lowest BCUT2D eigenvalue weighted by Crippen LogP contribution is -2.32. The molecule has 0 spiro atoms. The minimum absolute atomic E-state index is 0.0694. The molecule has 3 aromatic rings. The second-order valence-electron chi connectivity index (χ2n) is 6.61. The molecule has 0 aliphatic carbocycles. The molecular formula is C21H23N3O2. The SMILES string of the molecule is O=C(COc1cccc(NCc2cccc3[nH]ccc23)c1)N1CCCC1. The number of rotatable bonds is 6. The molecule has 1 aromatic heterocycles. The molecule has 1 aliphatic rings. The van der Waals surface area contributed by atoms with Crippen molar-refractivity contribution in [3.05, 3.63) is 60.3 Å². The van der Waals surface area contributed by atoms with Gasteiger partial charge in [0.05, 0.1) is 0 Å². The molecular weight excluding hydrogens is 326 g/mol. The quantitative estimate of drug-likeness (QED) is 0.712. The van der Waals surface area contributed by atoms with Crippen molar-refractivity contribution < 1.29 is 9.53 Å². The summed E-state index contributed by atoms with van der Waals surface area (Å²) in [5, 5.41) is 4.66. The fourth-order valence-electron chi connectivity index (χ4n) is 3.40. The van der Waals surface area contributed by atoms with Crippen molar-refractivity contribution in [2.24, 2.45) is 0 Å². The highest BCUT2D eigenvalue weighted by Crippen LogP contribution is 2.21. The van der Waals surface area contributed by atoms with E-state index in [0.29, 0.717) is 5.75 Å². The van der Waals surface area contributed by atoms with E-state index in [1.165, 1.54) is 10.9 Å². The van der Waals surface area contributed by atoms with Crippen LogP contribution in [0.15, 0.2) is 54.7 Å². The summed E-state index contributed by atoms with van der Waals surface area (Å²) in [4.78, 5) is 17.2. The number of H-pyrrole nitrogens is 1. The number of anilines is 1. The van der Waals surface area contributed by atoms with E-state index in [2.05, 4.69) is 34.6 Å². The molecule has 2 N–H and O–H groups in total. The Bertz CT molecular complexity index is 897. The first-order valence-corrected chi connectivity index (χ1v) is 9.09. The molecule has 26 heavy (non-hydrogen) atoms. The van der Waals surface area contributed by atoms with Gasteiger partial charge in [-0.3, -0.25) is 4.79 Å². The summed E-state index contributed by atoms with van der Waals surface area (Å²) >= 11 is 0. The number of likely N-dealkylation sites (tertiary alicyclic amines) is 1. The second kappa shape index (κ2) is 7.52. The third-order valence-electron chi connectivity index (χ3n) is 4.82. The molecule has 5 nitrogen and oxygen atoms in total. The lowest BCUT2D eigenvalue weighted by molar-refractivity contribution is -0.132. The van der Waals surface area contributed by atoms with Crippen LogP contribution in [0.2, 0.25) is 0 Å². The van der Waals surface area contributed by atoms with Crippen LogP contribution >= 0.6 is 0 Å². The Kier molecular flexibility index (Phi) is 4.78. The normalized spacial score (nSPS) is 13.9. The zero-order valence-corrected chi connectivity index (χ0v) is 14.7. The predicted molar refractivity (Wildman–Crippen MR) is 103 cm³/mol. The first-order chi connectivity index (χ1) is 12.8. The van der Waals surface area contributed by atoms with E-state index >= 15 is 0 Å². The standard InChI is InChI=1S/C21H23N3O2/c25-21(24-11-1-2-12-24)15-26-18-7-4-6-17(13-18)23-14-16-5-3-8-20-19(16)9-10-22-20/h3-10,13,22-23H,1-2,11-12,14-15H2. The molecule has 1 fully saturated rings. The lowest BCUT2D eigenvalue weighted by Gasteiger charge is -2.16. The molecule has 4 rings (SSSR count). The van der Waals surface area contributed by atoms with Crippen LogP contribution in [0.3, 0.4) is 0 Å². The Morgan fingerprint density at radius 2 is 1.96 bits per heavy atom. The summed E-state index contributed by atoms with van der Waals surface area (Å²) in [5.74, 6) is 0.780. The third kappa shape index (κ3) is 3.67. The summed E-state index contributed by atoms with van der Waals surface area (Å²) in [6.07, 6.45) is 4.15. The first-order valence-electron chi connectivity index (χ1n) is 9.09. The summed E-state index contributed by atoms with van der Waals surface area (Å²) in [7, 11) is 0. The summed E-state index contributed by atoms with van der Waals surface area (Å²) < 4.78 is 5.69. The molecule has 1 aliphatic heterocycles. The Morgan fingerprint density at radius 3 is 2.85 bits per heavy atom. The zero-order valence-electron chi connectivity index (χ0n) is 14.7. The third-order valence-corrected chi connectivity index (χ3v) is 4.82. The van der Waals surface area contributed by atoms with Crippen LogP contribution in [0.5, 0.6) is 5.75 Å². The minimum atomic E-state index is 0.0694. The number of amides is 1. The molecule has 1 amide bonds. The van der Waals surface area contributed by atoms with Crippen LogP contribution in [-0.2, 0) is 11.3 Å². The Labute approximate surface area is 153 Å². The number of aromatic nitrogens is 1. The first kappa shape index (κ1) is 16.5. The van der Waals surface area contributed by atoms with Gasteiger partial charge in [-0.1, -0.05) is 18.2 Å². The van der Waals surface area contributed by atoms with Gasteiger partial charge in [0.15, 0.2) is 6.61 Å². The van der Waals surface area contributed by atoms with Crippen molar-refractivity contribution in [2.45, 2.75) is 19.4 Å². The highest BCUT2D eigenvalue weighted by atomic mass is 16.5. The number of nitrogens with one attached hydrogen (secondary N) is 2. The van der Waals surface area contributed by atoms with E-state index in [1.54, 1.807) is 0 Å². The maximum absolute atomic E-state index is 12.1. The molecule has 0 unspecified atom stereocenters. The highest BCUT2D eigenvalue weighted by Gasteiger charge is 2.18. The van der Waals surface area contributed by atoms with Crippen molar-refractivity contribution in [3.63, 3.8) is 0 Å². The van der Waals surface area contributed by atoms with Gasteiger partial charge in [-0.25, -0.2) is 0 Å². The van der Waals surface area contributed by atoms with E-state index < -0.39 is 0 Å². The van der Waals surface area contributed by atoms with E-state index in [1.807, 2.05) is 35.4 Å². The molecule has 0 bridgehead atoms. The number of carbonyl (C=O) groups is 1. The van der Waals surface area contributed by atoms with Crippen molar-refractivity contribution >= 4 is 22.5 Å². The average molecular weight is 349 g/mol. The molecule has 0 radical (unpaired) electrons. The average Bonchev–Trinajstić information content (AvgIpc) is 3.36. The second-order valence-corrected chi connectivity index (χ2v) is 6.61. The van der Waals surface area contributed by atoms with Gasteiger partial charge in [-0.05, 0) is 42.7 Å². The predicted octanol–water partition coefficient (Wildman–Crippen LogP) is 3.78. The number of carbonyl (C=O) groups excluding carboxylic acids is 1. The van der Waals surface area contributed by atoms with Crippen LogP contribution in [0.25, 0.3) is 10.9 Å². The fraction of sp³-hybridized carbons (Fsp3) is 0.286. The van der Waals surface area contributed by atoms with E-state index in [0.717, 1.165) is 43.7 Å². The van der Waals surface area contributed by atoms with E-state index in [-0.39, 0.29) is 12.5 Å². The fourth-order valence-corrected chi connectivity index (χ4v) is 3.40. The van der Waals surface area contributed by atoms with Crippen LogP contribution < -0.4 is 10.1 Å². The topological polar surface area (TPSA) is 57.4 Å². The molecule has 5 heteroatoms. The number of hydrogen-bond donors (Lipinski definition) is 2. The number of ether oxygens (including phenoxy) is 1. The molecule has 2 aromatic carbocycles. The van der Waals surface area contributed by atoms with Crippen LogP contribution in [0.1, 0.15) is 18.4 Å². The van der Waals surface area contributed by atoms with Crippen LogP contribution in [0, 0.1) is 0 Å². The van der Waals surface area contributed by atoms with Crippen molar-refractivity contribution in [1.82, 2.24) is 9.88 Å². The maximum atomic E-state index is 12.1. The largest absolute Gasteiger partial charge is 0.484 e. The van der Waals surface area contributed by atoms with Gasteiger partial charge in [-0.15, -0.1) is 0 Å². The number of benzene rings is 2. The van der Waals surface area contributed by atoms with Crippen LogP contribution in [-0.4, -0.2) is 35.5 Å². The van der Waals surface area contributed by atoms with Crippen molar-refractivity contribution in [2.75, 3.05) is 25.0 Å². The van der Waals surface area contributed by atoms with Gasteiger partial charge < -0.3 is 19.9 Å². The number of hydrogen-bond acceptors (Lipinski definition) is 3. The summed E-state index contributed by atoms with van der Waals surface area (Å²) in [6, 6.07) is 16.1. The summed E-state index contributed by atoms with van der Waals surface area (Å²) in [5.41, 5.74) is 3.35. The Morgan fingerprint density at radius 1 is 1.12 bits per heavy atom. The van der Waals surface area contributed by atoms with Crippen LogP contribution in [0.4, 0.5) is 5.69 Å². The smallest absolute Gasteiger partial charge is 0.260 e. The highest BCUT2D eigenvalue weighted by molar-refractivity contribution is 5.83. The number of nitrogens with zero attached hydrogens (tertiary/aromatic N) is 1. The van der Waals surface area contributed by atoms with E-state index in [4.69, 9.17) is 4.74 Å². The van der Waals surface area contributed by atoms with Crippen molar-refractivity contribution in [1.29, 1.82) is 0 Å². The van der Waals surface area contributed by atoms with Gasteiger partial charge in [0.25, 0.3) is 5.91 Å².